The van der Waals surface area contributed by atoms with Crippen LogP contribution in [0.5, 0.6) is 0 Å². The van der Waals surface area contributed by atoms with Crippen LogP contribution < -0.4 is 4.90 Å². The number of hydrogen-bond acceptors (Lipinski definition) is 5. The highest BCUT2D eigenvalue weighted by Crippen LogP contribution is 2.30. The highest BCUT2D eigenvalue weighted by molar-refractivity contribution is 5.96. The number of carbonyl (C=O) groups excluding carboxylic acids is 2. The van der Waals surface area contributed by atoms with E-state index in [0.29, 0.717) is 26.2 Å². The summed E-state index contributed by atoms with van der Waals surface area (Å²) < 4.78 is 24.4. The van der Waals surface area contributed by atoms with Crippen molar-refractivity contribution in [2.24, 2.45) is 0 Å². The fourth-order valence-electron chi connectivity index (χ4n) is 2.62. The number of anilines is 1. The maximum atomic E-state index is 14.5. The fourth-order valence-corrected chi connectivity index (χ4v) is 2.62. The standard InChI is InChI=1S/C18H22FN3O4/c1-18(2,3)26-17(24)22-8-6-21(7-9-22)15-11-14(20-4)12(10-13(15)19)16(23)25-5/h10-11H,6-9H2,1-3,5H3. The zero-order valence-corrected chi connectivity index (χ0v) is 15.3. The Morgan fingerprint density at radius 3 is 2.31 bits per heavy atom. The molecule has 1 fully saturated rings. The topological polar surface area (TPSA) is 63.4 Å². The van der Waals surface area contributed by atoms with Crippen molar-refractivity contribution in [3.8, 4) is 0 Å². The molecule has 26 heavy (non-hydrogen) atoms. The third kappa shape index (κ3) is 4.42. The van der Waals surface area contributed by atoms with E-state index in [9.17, 15) is 14.0 Å². The van der Waals surface area contributed by atoms with Crippen LogP contribution >= 0.6 is 0 Å². The van der Waals surface area contributed by atoms with E-state index in [-0.39, 0.29) is 16.9 Å². The van der Waals surface area contributed by atoms with E-state index >= 15 is 0 Å². The molecule has 1 saturated heterocycles. The number of nitrogens with zero attached hydrogens (tertiary/aromatic N) is 3. The van der Waals surface area contributed by atoms with Crippen LogP contribution in [0.2, 0.25) is 0 Å². The molecule has 7 nitrogen and oxygen atoms in total. The van der Waals surface area contributed by atoms with Gasteiger partial charge < -0.3 is 19.3 Å². The summed E-state index contributed by atoms with van der Waals surface area (Å²) in [5, 5.41) is 0. The van der Waals surface area contributed by atoms with Crippen LogP contribution in [0.25, 0.3) is 4.85 Å². The summed E-state index contributed by atoms with van der Waals surface area (Å²) in [6.07, 6.45) is -0.402. The van der Waals surface area contributed by atoms with Crippen molar-refractivity contribution in [2.45, 2.75) is 26.4 Å². The Labute approximate surface area is 152 Å². The van der Waals surface area contributed by atoms with E-state index in [1.54, 1.807) is 30.6 Å². The Kier molecular flexibility index (Phi) is 5.70. The summed E-state index contributed by atoms with van der Waals surface area (Å²) in [4.78, 5) is 30.4. The molecule has 1 aromatic carbocycles. The minimum absolute atomic E-state index is 0.0304. The molecule has 2 rings (SSSR count). The van der Waals surface area contributed by atoms with E-state index in [1.807, 2.05) is 0 Å². The molecule has 0 N–H and O–H groups in total. The average molecular weight is 363 g/mol. The third-order valence-corrected chi connectivity index (χ3v) is 3.86. The second-order valence-electron chi connectivity index (χ2n) is 6.88. The molecule has 0 radical (unpaired) electrons. The number of ether oxygens (including phenoxy) is 2. The second kappa shape index (κ2) is 7.60. The molecule has 140 valence electrons. The van der Waals surface area contributed by atoms with Gasteiger partial charge in [-0.15, -0.1) is 0 Å². The van der Waals surface area contributed by atoms with Gasteiger partial charge in [0.1, 0.15) is 11.4 Å². The molecule has 0 aliphatic carbocycles. The van der Waals surface area contributed by atoms with Gasteiger partial charge in [0.15, 0.2) is 0 Å². The van der Waals surface area contributed by atoms with E-state index < -0.39 is 23.5 Å². The molecule has 0 unspecified atom stereocenters. The zero-order chi connectivity index (χ0) is 19.5. The predicted molar refractivity (Wildman–Crippen MR) is 94.0 cm³/mol. The lowest BCUT2D eigenvalue weighted by molar-refractivity contribution is 0.0240. The van der Waals surface area contributed by atoms with Crippen LogP contribution in [0, 0.1) is 12.4 Å². The van der Waals surface area contributed by atoms with Gasteiger partial charge in [-0.2, -0.15) is 0 Å². The SMILES string of the molecule is [C-]#[N+]c1cc(N2CCN(C(=O)OC(C)(C)C)CC2)c(F)cc1C(=O)OC. The van der Waals surface area contributed by atoms with Gasteiger partial charge >= 0.3 is 12.1 Å². The van der Waals surface area contributed by atoms with Crippen LogP contribution in [0.4, 0.5) is 20.6 Å². The van der Waals surface area contributed by atoms with E-state index in [2.05, 4.69) is 9.58 Å². The van der Waals surface area contributed by atoms with Crippen LogP contribution in [0.1, 0.15) is 31.1 Å². The van der Waals surface area contributed by atoms with Gasteiger partial charge in [0.05, 0.1) is 24.9 Å². The molecule has 0 saturated carbocycles. The molecule has 8 heteroatoms. The van der Waals surface area contributed by atoms with Gasteiger partial charge in [0.2, 0.25) is 5.69 Å². The highest BCUT2D eigenvalue weighted by Gasteiger charge is 2.27. The van der Waals surface area contributed by atoms with Crippen LogP contribution in [-0.2, 0) is 9.47 Å². The lowest BCUT2D eigenvalue weighted by Crippen LogP contribution is -2.50. The first-order chi connectivity index (χ1) is 12.2. The number of halogens is 1. The zero-order valence-electron chi connectivity index (χ0n) is 15.3. The molecule has 1 aliphatic rings. The van der Waals surface area contributed by atoms with Crippen LogP contribution in [-0.4, -0.2) is 55.9 Å². The summed E-state index contributed by atoms with van der Waals surface area (Å²) in [6.45, 7) is 14.1. The molecule has 0 spiro atoms. The average Bonchev–Trinajstić information content (AvgIpc) is 2.59. The van der Waals surface area contributed by atoms with Crippen molar-refractivity contribution < 1.29 is 23.5 Å². The van der Waals surface area contributed by atoms with Gasteiger partial charge in [0, 0.05) is 26.2 Å². The van der Waals surface area contributed by atoms with E-state index in [1.165, 1.54) is 13.2 Å². The Hall–Kier alpha value is -2.82. The van der Waals surface area contributed by atoms with Gasteiger partial charge in [-0.05, 0) is 32.9 Å². The first kappa shape index (κ1) is 19.5. The summed E-state index contributed by atoms with van der Waals surface area (Å²) in [5.74, 6) is -1.36. The summed E-state index contributed by atoms with van der Waals surface area (Å²) >= 11 is 0. The summed E-state index contributed by atoms with van der Waals surface area (Å²) in [6, 6.07) is 2.37. The molecule has 0 bridgehead atoms. The summed E-state index contributed by atoms with van der Waals surface area (Å²) in [5.41, 5.74) is -0.416. The Morgan fingerprint density at radius 1 is 1.19 bits per heavy atom. The van der Waals surface area contributed by atoms with Gasteiger partial charge in [-0.3, -0.25) is 0 Å². The van der Waals surface area contributed by atoms with E-state index in [4.69, 9.17) is 11.3 Å². The Morgan fingerprint density at radius 2 is 1.81 bits per heavy atom. The Balaban J connectivity index is 2.13. The molecule has 1 heterocycles. The molecule has 1 aromatic rings. The number of esters is 1. The van der Waals surface area contributed by atoms with Crippen LogP contribution in [0.15, 0.2) is 12.1 Å². The first-order valence-corrected chi connectivity index (χ1v) is 8.18. The van der Waals surface area contributed by atoms with Crippen molar-refractivity contribution in [3.63, 3.8) is 0 Å². The number of piperazine rings is 1. The number of rotatable bonds is 2. The largest absolute Gasteiger partial charge is 0.466 e. The number of hydrogen-bond donors (Lipinski definition) is 0. The number of benzene rings is 1. The smallest absolute Gasteiger partial charge is 0.410 e. The third-order valence-electron chi connectivity index (χ3n) is 3.86. The van der Waals surface area contributed by atoms with Crippen molar-refractivity contribution in [3.05, 3.63) is 34.9 Å². The van der Waals surface area contributed by atoms with Crippen molar-refractivity contribution >= 4 is 23.4 Å². The monoisotopic (exact) mass is 363 g/mol. The Bertz CT molecular complexity index is 744. The number of carbonyl (C=O) groups is 2. The number of methoxy groups -OCH3 is 1. The fraction of sp³-hybridized carbons (Fsp3) is 0.500. The molecular weight excluding hydrogens is 341 g/mol. The van der Waals surface area contributed by atoms with E-state index in [0.717, 1.165) is 6.07 Å². The molecule has 1 amide bonds. The normalized spacial score (nSPS) is 14.6. The van der Waals surface area contributed by atoms with Gasteiger partial charge in [0.25, 0.3) is 0 Å². The maximum absolute atomic E-state index is 14.5. The van der Waals surface area contributed by atoms with Crippen molar-refractivity contribution in [1.29, 1.82) is 0 Å². The molecular formula is C18H22FN3O4. The van der Waals surface area contributed by atoms with Crippen LogP contribution in [0.3, 0.4) is 0 Å². The second-order valence-corrected chi connectivity index (χ2v) is 6.88. The lowest BCUT2D eigenvalue weighted by atomic mass is 10.1. The highest BCUT2D eigenvalue weighted by atomic mass is 19.1. The first-order valence-electron chi connectivity index (χ1n) is 8.18. The van der Waals surface area contributed by atoms with Crippen molar-refractivity contribution in [1.82, 2.24) is 4.90 Å². The minimum Gasteiger partial charge on any atom is -0.466 e. The predicted octanol–water partition coefficient (Wildman–Crippen LogP) is 3.22. The quantitative estimate of drug-likeness (QED) is 0.596. The summed E-state index contributed by atoms with van der Waals surface area (Å²) in [7, 11) is 1.18. The molecule has 0 aromatic heterocycles. The maximum Gasteiger partial charge on any atom is 0.410 e. The number of amides is 1. The lowest BCUT2D eigenvalue weighted by Gasteiger charge is -2.37. The molecule has 1 aliphatic heterocycles. The van der Waals surface area contributed by atoms with Gasteiger partial charge in [-0.25, -0.2) is 18.8 Å². The minimum atomic E-state index is -0.754. The van der Waals surface area contributed by atoms with Crippen molar-refractivity contribution in [2.75, 3.05) is 38.2 Å². The van der Waals surface area contributed by atoms with Gasteiger partial charge in [-0.1, -0.05) is 0 Å². The molecule has 0 atom stereocenters.